The lowest BCUT2D eigenvalue weighted by molar-refractivity contribution is 0.112. The SMILES string of the molecule is CC=Nc1cccc(N=Cc2ccc(C=NCCCCCCCCCCCCN=Cc3ccc(C)cc3)cc2)n1.COc1ccc(C=NCCCCCCCCCCCCN=Cc2ccc(C=O)cc2)cc1.Nc1cccc(N)n1. The van der Waals surface area contributed by atoms with Gasteiger partial charge in [0, 0.05) is 69.0 Å². The summed E-state index contributed by atoms with van der Waals surface area (Å²) < 4.78 is 5.16. The molecule has 2 heterocycles. The van der Waals surface area contributed by atoms with Crippen LogP contribution in [0.15, 0.2) is 163 Å². The van der Waals surface area contributed by atoms with Crippen LogP contribution in [0.4, 0.5) is 23.3 Å². The third-order valence-corrected chi connectivity index (χ3v) is 12.9. The summed E-state index contributed by atoms with van der Waals surface area (Å²) in [6.45, 7) is 7.63. The van der Waals surface area contributed by atoms with E-state index >= 15 is 0 Å². The lowest BCUT2D eigenvalue weighted by atomic mass is 10.1. The highest BCUT2D eigenvalue weighted by atomic mass is 16.5. The van der Waals surface area contributed by atoms with Gasteiger partial charge in [0.25, 0.3) is 0 Å². The number of nitrogen functional groups attached to an aromatic ring is 2. The van der Waals surface area contributed by atoms with Gasteiger partial charge in [0.2, 0.25) is 0 Å². The van der Waals surface area contributed by atoms with E-state index < -0.39 is 0 Å². The third kappa shape index (κ3) is 32.2. The molecule has 0 aliphatic rings. The van der Waals surface area contributed by atoms with Crippen molar-refractivity contribution in [1.29, 1.82) is 0 Å². The third-order valence-electron chi connectivity index (χ3n) is 12.9. The molecule has 80 heavy (non-hydrogen) atoms. The lowest BCUT2D eigenvalue weighted by Crippen LogP contribution is -1.93. The molecule has 0 unspecified atom stereocenters. The van der Waals surface area contributed by atoms with Gasteiger partial charge in [-0.25, -0.2) is 20.0 Å². The van der Waals surface area contributed by atoms with Gasteiger partial charge < -0.3 is 16.2 Å². The molecule has 4 aromatic carbocycles. The molecule has 4 N–H and O–H groups in total. The predicted octanol–water partition coefficient (Wildman–Crippen LogP) is 16.5. The first kappa shape index (κ1) is 64.8. The van der Waals surface area contributed by atoms with Crippen LogP contribution in [0.3, 0.4) is 0 Å². The number of unbranched alkanes of at least 4 members (excludes halogenated alkanes) is 18. The molecule has 0 aliphatic carbocycles. The van der Waals surface area contributed by atoms with E-state index in [0.717, 1.165) is 66.9 Å². The number of hydrogen-bond acceptors (Lipinski definition) is 12. The summed E-state index contributed by atoms with van der Waals surface area (Å²) >= 11 is 0. The zero-order valence-corrected chi connectivity index (χ0v) is 48.3. The van der Waals surface area contributed by atoms with Crippen LogP contribution in [-0.4, -0.2) is 86.8 Å². The maximum absolute atomic E-state index is 10.6. The molecule has 0 bridgehead atoms. The molecule has 6 aromatic rings. The molecular weight excluding hydrogens is 989 g/mol. The number of anilines is 2. The standard InChI is InChI=1S/C35H45N5.C28H38N2O2.C5H7N3/c1-3-38-34-15-14-16-35(40-34)39-29-33-23-21-32(22-24-33)28-37-26-13-11-9-7-5-4-6-8-10-12-25-36-27-31-19-17-30(2)18-20-31;1-32-28-18-16-26(17-19-28)23-30-21-11-9-7-5-3-2-4-6-8-10-20-29-22-25-12-14-27(24-31)15-13-25;6-4-2-1-3-5(7)8-4/h3,14-24,27-29H,4-13,25-26H2,1-2H3;12-19,22-24H,2-11,20-21H2,1H3;1-3H,(H4,6,7,8). The van der Waals surface area contributed by atoms with Crippen molar-refractivity contribution in [3.05, 3.63) is 172 Å². The number of rotatable bonds is 35. The number of pyridine rings is 2. The zero-order chi connectivity index (χ0) is 56.8. The highest BCUT2D eigenvalue weighted by Gasteiger charge is 1.99. The molecular formula is C68H90N10O2. The van der Waals surface area contributed by atoms with Crippen LogP contribution >= 0.6 is 0 Å². The van der Waals surface area contributed by atoms with Crippen LogP contribution in [-0.2, 0) is 0 Å². The second kappa shape index (κ2) is 43.2. The normalized spacial score (nSPS) is 11.5. The smallest absolute Gasteiger partial charge is 0.154 e. The van der Waals surface area contributed by atoms with Crippen molar-refractivity contribution in [2.45, 2.75) is 142 Å². The van der Waals surface area contributed by atoms with Crippen molar-refractivity contribution in [1.82, 2.24) is 9.97 Å². The molecule has 0 radical (unpaired) electrons. The summed E-state index contributed by atoms with van der Waals surface area (Å²) in [4.78, 5) is 45.6. The van der Waals surface area contributed by atoms with Crippen LogP contribution in [0.2, 0.25) is 0 Å². The van der Waals surface area contributed by atoms with Crippen LogP contribution < -0.4 is 16.2 Å². The van der Waals surface area contributed by atoms with Crippen LogP contribution in [0.25, 0.3) is 0 Å². The maximum Gasteiger partial charge on any atom is 0.154 e. The van der Waals surface area contributed by atoms with Crippen LogP contribution in [0.5, 0.6) is 5.75 Å². The van der Waals surface area contributed by atoms with E-state index in [1.807, 2.05) is 105 Å². The van der Waals surface area contributed by atoms with Gasteiger partial charge in [-0.2, -0.15) is 0 Å². The van der Waals surface area contributed by atoms with Crippen LogP contribution in [0.1, 0.15) is 179 Å². The maximum atomic E-state index is 10.6. The first-order valence-electron chi connectivity index (χ1n) is 29.2. The fourth-order valence-corrected chi connectivity index (χ4v) is 8.29. The molecule has 0 saturated carbocycles. The summed E-state index contributed by atoms with van der Waals surface area (Å²) in [6, 6.07) is 43.1. The highest BCUT2D eigenvalue weighted by molar-refractivity contribution is 5.85. The number of benzene rings is 4. The number of aldehydes is 1. The van der Waals surface area contributed by atoms with Gasteiger partial charge >= 0.3 is 0 Å². The number of aliphatic imine (C=N–C) groups is 6. The zero-order valence-electron chi connectivity index (χ0n) is 48.3. The Bertz CT molecular complexity index is 2700. The van der Waals surface area contributed by atoms with E-state index in [1.165, 1.54) is 133 Å². The molecule has 0 spiro atoms. The molecule has 0 atom stereocenters. The van der Waals surface area contributed by atoms with Crippen molar-refractivity contribution in [3.63, 3.8) is 0 Å². The first-order valence-corrected chi connectivity index (χ1v) is 29.2. The largest absolute Gasteiger partial charge is 0.497 e. The summed E-state index contributed by atoms with van der Waals surface area (Å²) in [5, 5.41) is 0. The number of carbonyl (C=O) groups excluding carboxylic acids is 1. The Morgan fingerprint density at radius 3 is 1.04 bits per heavy atom. The van der Waals surface area contributed by atoms with Crippen molar-refractivity contribution in [2.24, 2.45) is 30.0 Å². The van der Waals surface area contributed by atoms with Crippen molar-refractivity contribution in [2.75, 3.05) is 44.8 Å². The van der Waals surface area contributed by atoms with E-state index in [0.29, 0.717) is 28.8 Å². The number of methoxy groups -OCH3 is 1. The number of aromatic nitrogens is 2. The Labute approximate surface area is 479 Å². The number of hydrogen-bond donors (Lipinski definition) is 2. The molecule has 2 aromatic heterocycles. The molecule has 0 fully saturated rings. The number of nitrogens with two attached hydrogens (primary N) is 2. The molecule has 12 nitrogen and oxygen atoms in total. The van der Waals surface area contributed by atoms with Gasteiger partial charge in [0.1, 0.15) is 23.7 Å². The van der Waals surface area contributed by atoms with Crippen molar-refractivity contribution >= 4 is 66.8 Å². The Balaban J connectivity index is 0.000000307. The quantitative estimate of drug-likeness (QED) is 0.0227. The van der Waals surface area contributed by atoms with Gasteiger partial charge in [-0.3, -0.25) is 24.8 Å². The van der Waals surface area contributed by atoms with E-state index in [4.69, 9.17) is 16.2 Å². The van der Waals surface area contributed by atoms with E-state index in [-0.39, 0.29) is 0 Å². The van der Waals surface area contributed by atoms with E-state index in [9.17, 15) is 4.79 Å². The number of nitrogens with zero attached hydrogens (tertiary/aromatic N) is 8. The Morgan fingerprint density at radius 2 is 0.700 bits per heavy atom. The summed E-state index contributed by atoms with van der Waals surface area (Å²) in [7, 11) is 1.68. The first-order chi connectivity index (χ1) is 39.3. The van der Waals surface area contributed by atoms with Gasteiger partial charge in [0.15, 0.2) is 11.6 Å². The lowest BCUT2D eigenvalue weighted by Gasteiger charge is -2.02. The minimum Gasteiger partial charge on any atom is -0.497 e. The van der Waals surface area contributed by atoms with Gasteiger partial charge in [-0.05, 0) is 116 Å². The highest BCUT2D eigenvalue weighted by Crippen LogP contribution is 2.16. The van der Waals surface area contributed by atoms with Crippen molar-refractivity contribution in [3.8, 4) is 5.75 Å². The van der Waals surface area contributed by atoms with E-state index in [1.54, 1.807) is 31.5 Å². The van der Waals surface area contributed by atoms with Gasteiger partial charge in [-0.1, -0.05) is 193 Å². The number of aryl methyl sites for hydroxylation is 1. The van der Waals surface area contributed by atoms with Crippen LogP contribution in [0, 0.1) is 6.92 Å². The number of ether oxygens (including phenoxy) is 1. The monoisotopic (exact) mass is 1080 g/mol. The van der Waals surface area contributed by atoms with Gasteiger partial charge in [-0.15, -0.1) is 0 Å². The topological polar surface area (TPSA) is 178 Å². The molecule has 6 rings (SSSR count). The number of carbonyl (C=O) groups is 1. The predicted molar refractivity (Wildman–Crippen MR) is 343 cm³/mol. The molecule has 0 saturated heterocycles. The summed E-state index contributed by atoms with van der Waals surface area (Å²) in [6.07, 6.45) is 38.1. The average Bonchev–Trinajstić information content (AvgIpc) is 3.48. The molecule has 424 valence electrons. The Morgan fingerprint density at radius 1 is 0.388 bits per heavy atom. The van der Waals surface area contributed by atoms with E-state index in [2.05, 4.69) is 95.4 Å². The summed E-state index contributed by atoms with van der Waals surface area (Å²) in [5.74, 6) is 3.13. The second-order valence-electron chi connectivity index (χ2n) is 19.8. The summed E-state index contributed by atoms with van der Waals surface area (Å²) in [5.41, 5.74) is 18.1. The minimum absolute atomic E-state index is 0.463. The molecule has 12 heteroatoms. The minimum atomic E-state index is 0.463. The fraction of sp³-hybridized carbons (Fsp3) is 0.397. The van der Waals surface area contributed by atoms with Crippen molar-refractivity contribution < 1.29 is 9.53 Å². The fourth-order valence-electron chi connectivity index (χ4n) is 8.29. The van der Waals surface area contributed by atoms with Gasteiger partial charge in [0.05, 0.1) is 7.11 Å². The molecule has 0 amide bonds. The average molecular weight is 1080 g/mol. The second-order valence-corrected chi connectivity index (χ2v) is 19.8. The molecule has 0 aliphatic heterocycles. The Hall–Kier alpha value is -7.73. The Kier molecular flexibility index (Phi) is 35.0.